The third-order valence-corrected chi connectivity index (χ3v) is 4.80. The van der Waals surface area contributed by atoms with Crippen molar-refractivity contribution < 1.29 is 9.15 Å². The van der Waals surface area contributed by atoms with Gasteiger partial charge in [-0.2, -0.15) is 0 Å². The zero-order valence-corrected chi connectivity index (χ0v) is 16.4. The van der Waals surface area contributed by atoms with Gasteiger partial charge in [0.2, 0.25) is 0 Å². The second-order valence-corrected chi connectivity index (χ2v) is 6.97. The van der Waals surface area contributed by atoms with E-state index in [1.165, 1.54) is 17.2 Å². The molecule has 0 spiro atoms. The SMILES string of the molecule is COc1ccc2oc(=O)n(CCCCCN(C)Cc3ccccc3)c(=O)c2c1. The topological polar surface area (TPSA) is 64.7 Å². The van der Waals surface area contributed by atoms with Crippen molar-refractivity contribution in [3.63, 3.8) is 0 Å². The van der Waals surface area contributed by atoms with Gasteiger partial charge >= 0.3 is 5.76 Å². The van der Waals surface area contributed by atoms with Crippen LogP contribution in [0.15, 0.2) is 62.5 Å². The van der Waals surface area contributed by atoms with Crippen molar-refractivity contribution in [3.05, 3.63) is 75.0 Å². The third-order valence-electron chi connectivity index (χ3n) is 4.80. The predicted molar refractivity (Wildman–Crippen MR) is 110 cm³/mol. The van der Waals surface area contributed by atoms with Crippen LogP contribution in [0.2, 0.25) is 0 Å². The minimum atomic E-state index is -0.608. The Morgan fingerprint density at radius 2 is 1.82 bits per heavy atom. The van der Waals surface area contributed by atoms with Crippen molar-refractivity contribution in [3.8, 4) is 5.75 Å². The van der Waals surface area contributed by atoms with E-state index in [1.54, 1.807) is 18.2 Å². The lowest BCUT2D eigenvalue weighted by Gasteiger charge is -2.16. The number of fused-ring (bicyclic) bond motifs is 1. The lowest BCUT2D eigenvalue weighted by atomic mass is 10.2. The molecule has 3 aromatic rings. The summed E-state index contributed by atoms with van der Waals surface area (Å²) in [7, 11) is 3.64. The zero-order chi connectivity index (χ0) is 19.9. The number of methoxy groups -OCH3 is 1. The van der Waals surface area contributed by atoms with Gasteiger partial charge in [0.25, 0.3) is 5.56 Å². The first kappa shape index (κ1) is 19.9. The van der Waals surface area contributed by atoms with E-state index in [9.17, 15) is 9.59 Å². The number of benzene rings is 2. The van der Waals surface area contributed by atoms with Crippen LogP contribution in [0.5, 0.6) is 5.75 Å². The van der Waals surface area contributed by atoms with Crippen LogP contribution in [-0.2, 0) is 13.1 Å². The van der Waals surface area contributed by atoms with Gasteiger partial charge in [-0.25, -0.2) is 9.36 Å². The molecule has 28 heavy (non-hydrogen) atoms. The molecule has 0 atom stereocenters. The molecule has 0 saturated carbocycles. The van der Waals surface area contributed by atoms with Crippen LogP contribution in [0.3, 0.4) is 0 Å². The van der Waals surface area contributed by atoms with Crippen LogP contribution in [0.4, 0.5) is 0 Å². The molecule has 1 aromatic heterocycles. The van der Waals surface area contributed by atoms with Gasteiger partial charge < -0.3 is 14.1 Å². The number of hydrogen-bond acceptors (Lipinski definition) is 5. The summed E-state index contributed by atoms with van der Waals surface area (Å²) in [6.07, 6.45) is 2.69. The van der Waals surface area contributed by atoms with Crippen LogP contribution >= 0.6 is 0 Å². The fraction of sp³-hybridized carbons (Fsp3) is 0.364. The highest BCUT2D eigenvalue weighted by Crippen LogP contribution is 2.16. The van der Waals surface area contributed by atoms with Crippen molar-refractivity contribution in [1.29, 1.82) is 0 Å². The lowest BCUT2D eigenvalue weighted by molar-refractivity contribution is 0.315. The largest absolute Gasteiger partial charge is 0.497 e. The second-order valence-electron chi connectivity index (χ2n) is 6.97. The van der Waals surface area contributed by atoms with Crippen LogP contribution in [0, 0.1) is 0 Å². The molecule has 6 heteroatoms. The normalized spacial score (nSPS) is 11.2. The number of nitrogens with zero attached hydrogens (tertiary/aromatic N) is 2. The number of hydrogen-bond donors (Lipinski definition) is 0. The molecule has 148 valence electrons. The number of aromatic nitrogens is 1. The van der Waals surface area contributed by atoms with Gasteiger partial charge in [-0.05, 0) is 50.2 Å². The van der Waals surface area contributed by atoms with E-state index < -0.39 is 5.76 Å². The molecule has 2 aromatic carbocycles. The van der Waals surface area contributed by atoms with Crippen LogP contribution in [0.25, 0.3) is 11.0 Å². The zero-order valence-electron chi connectivity index (χ0n) is 16.4. The Morgan fingerprint density at radius 1 is 1.04 bits per heavy atom. The predicted octanol–water partition coefficient (Wildman–Crippen LogP) is 3.27. The standard InChI is InChI=1S/C22H26N2O4/c1-23(16-17-9-5-3-6-10-17)13-7-4-8-14-24-21(25)19-15-18(27-2)11-12-20(19)28-22(24)26/h3,5-6,9-12,15H,4,7-8,13-14,16H2,1-2H3. The van der Waals surface area contributed by atoms with Gasteiger partial charge in [-0.1, -0.05) is 36.8 Å². The number of unbranched alkanes of at least 4 members (excludes halogenated alkanes) is 2. The highest BCUT2D eigenvalue weighted by Gasteiger charge is 2.10. The quantitative estimate of drug-likeness (QED) is 0.532. The summed E-state index contributed by atoms with van der Waals surface area (Å²) in [6, 6.07) is 15.2. The van der Waals surface area contributed by atoms with Gasteiger partial charge in [0.05, 0.1) is 12.5 Å². The van der Waals surface area contributed by atoms with E-state index >= 15 is 0 Å². The summed E-state index contributed by atoms with van der Waals surface area (Å²) in [4.78, 5) is 27.0. The highest BCUT2D eigenvalue weighted by atomic mass is 16.5. The van der Waals surface area contributed by atoms with Crippen molar-refractivity contribution >= 4 is 11.0 Å². The molecular weight excluding hydrogens is 356 g/mol. The third kappa shape index (κ3) is 4.89. The minimum absolute atomic E-state index is 0.287. The molecule has 0 amide bonds. The Bertz CT molecular complexity index is 1020. The highest BCUT2D eigenvalue weighted by molar-refractivity contribution is 5.77. The fourth-order valence-electron chi connectivity index (χ4n) is 3.27. The Labute approximate surface area is 164 Å². The first-order valence-corrected chi connectivity index (χ1v) is 9.52. The summed E-state index contributed by atoms with van der Waals surface area (Å²) in [5, 5.41) is 0.363. The minimum Gasteiger partial charge on any atom is -0.497 e. The molecule has 1 heterocycles. The molecule has 3 rings (SSSR count). The summed E-state index contributed by atoms with van der Waals surface area (Å²) in [5.74, 6) is -0.0460. The lowest BCUT2D eigenvalue weighted by Crippen LogP contribution is -2.32. The van der Waals surface area contributed by atoms with Crippen molar-refractivity contribution in [2.75, 3.05) is 20.7 Å². The smallest absolute Gasteiger partial charge is 0.422 e. The maximum Gasteiger partial charge on any atom is 0.422 e. The van der Waals surface area contributed by atoms with Gasteiger partial charge in [0.1, 0.15) is 11.3 Å². The monoisotopic (exact) mass is 382 g/mol. The molecule has 0 N–H and O–H groups in total. The molecule has 0 aliphatic rings. The van der Waals surface area contributed by atoms with Crippen LogP contribution < -0.4 is 16.1 Å². The Kier molecular flexibility index (Phi) is 6.66. The van der Waals surface area contributed by atoms with E-state index in [0.29, 0.717) is 17.7 Å². The van der Waals surface area contributed by atoms with Crippen molar-refractivity contribution in [2.45, 2.75) is 32.4 Å². The molecule has 0 bridgehead atoms. The average Bonchev–Trinajstić information content (AvgIpc) is 2.70. The second kappa shape index (κ2) is 9.37. The molecule has 0 aliphatic heterocycles. The van der Waals surface area contributed by atoms with Crippen molar-refractivity contribution in [1.82, 2.24) is 9.47 Å². The molecule has 0 aliphatic carbocycles. The van der Waals surface area contributed by atoms with E-state index in [2.05, 4.69) is 24.1 Å². The molecular formula is C22H26N2O4. The Hall–Kier alpha value is -2.86. The van der Waals surface area contributed by atoms with Gasteiger partial charge in [0, 0.05) is 13.1 Å². The van der Waals surface area contributed by atoms with E-state index in [0.717, 1.165) is 32.4 Å². The Balaban J connectivity index is 1.54. The van der Waals surface area contributed by atoms with Crippen LogP contribution in [-0.4, -0.2) is 30.2 Å². The first-order valence-electron chi connectivity index (χ1n) is 9.52. The van der Waals surface area contributed by atoms with Gasteiger partial charge in [0.15, 0.2) is 0 Å². The maximum atomic E-state index is 12.6. The maximum absolute atomic E-state index is 12.6. The number of rotatable bonds is 9. The Morgan fingerprint density at radius 3 is 2.57 bits per heavy atom. The first-order chi connectivity index (χ1) is 13.6. The molecule has 0 unspecified atom stereocenters. The fourth-order valence-corrected chi connectivity index (χ4v) is 3.27. The van der Waals surface area contributed by atoms with Crippen LogP contribution in [0.1, 0.15) is 24.8 Å². The van der Waals surface area contributed by atoms with E-state index in [4.69, 9.17) is 9.15 Å². The summed E-state index contributed by atoms with van der Waals surface area (Å²) < 4.78 is 11.6. The summed E-state index contributed by atoms with van der Waals surface area (Å²) in [6.45, 7) is 2.24. The van der Waals surface area contributed by atoms with E-state index in [1.807, 2.05) is 18.2 Å². The molecule has 6 nitrogen and oxygen atoms in total. The molecule has 0 radical (unpaired) electrons. The number of ether oxygens (including phenoxy) is 1. The molecule has 0 saturated heterocycles. The summed E-state index contributed by atoms with van der Waals surface area (Å²) >= 11 is 0. The van der Waals surface area contributed by atoms with Crippen molar-refractivity contribution in [2.24, 2.45) is 0 Å². The summed E-state index contributed by atoms with van der Waals surface area (Å²) in [5.41, 5.74) is 1.25. The van der Waals surface area contributed by atoms with Gasteiger partial charge in [-0.15, -0.1) is 0 Å². The van der Waals surface area contributed by atoms with Gasteiger partial charge in [-0.3, -0.25) is 4.79 Å². The average molecular weight is 382 g/mol. The van der Waals surface area contributed by atoms with E-state index in [-0.39, 0.29) is 11.1 Å². The molecule has 0 fully saturated rings.